The van der Waals surface area contributed by atoms with Crippen molar-refractivity contribution < 1.29 is 13.2 Å². The second-order valence-corrected chi connectivity index (χ2v) is 9.62. The van der Waals surface area contributed by atoms with E-state index in [4.69, 9.17) is 11.6 Å². The molecule has 3 rings (SSSR count). The Morgan fingerprint density at radius 1 is 0.933 bits per heavy atom. The van der Waals surface area contributed by atoms with Crippen molar-refractivity contribution in [3.63, 3.8) is 0 Å². The number of benzene rings is 3. The summed E-state index contributed by atoms with van der Waals surface area (Å²) in [6.07, 6.45) is 1.16. The second-order valence-electron chi connectivity index (χ2n) is 7.27. The van der Waals surface area contributed by atoms with Gasteiger partial charge in [0, 0.05) is 16.3 Å². The Hall–Kier alpha value is -2.83. The molecule has 1 amide bonds. The van der Waals surface area contributed by atoms with E-state index in [0.717, 1.165) is 28.6 Å². The zero-order valence-electron chi connectivity index (χ0n) is 17.0. The van der Waals surface area contributed by atoms with E-state index in [1.165, 1.54) is 4.31 Å². The molecule has 0 unspecified atom stereocenters. The summed E-state index contributed by atoms with van der Waals surface area (Å²) < 4.78 is 26.0. The Morgan fingerprint density at radius 3 is 2.03 bits per heavy atom. The number of halogens is 1. The number of nitrogens with one attached hydrogen (secondary N) is 1. The summed E-state index contributed by atoms with van der Waals surface area (Å²) in [6.45, 7) is 4.11. The molecule has 156 valence electrons. The third-order valence-electron chi connectivity index (χ3n) is 4.54. The lowest BCUT2D eigenvalue weighted by atomic mass is 10.1. The molecular formula is C23H23ClN2O3S. The number of hydrogen-bond acceptors (Lipinski definition) is 3. The molecule has 0 aromatic heterocycles. The van der Waals surface area contributed by atoms with Gasteiger partial charge in [0.25, 0.3) is 5.91 Å². The smallest absolute Gasteiger partial charge is 0.255 e. The van der Waals surface area contributed by atoms with Gasteiger partial charge >= 0.3 is 0 Å². The highest BCUT2D eigenvalue weighted by molar-refractivity contribution is 7.92. The number of anilines is 2. The molecule has 0 atom stereocenters. The highest BCUT2D eigenvalue weighted by Crippen LogP contribution is 2.23. The number of amides is 1. The number of aryl methyl sites for hydroxylation is 2. The summed E-state index contributed by atoms with van der Waals surface area (Å²) in [5.41, 5.74) is 4.58. The standard InChI is InChI=1S/C23H23ClN2O3S/c1-16-12-17(2)14-21(13-16)25-23(27)19-6-10-22(11-7-19)26(30(3,28)29)15-18-4-8-20(24)9-5-18/h4-14H,15H2,1-3H3,(H,25,27). The monoisotopic (exact) mass is 442 g/mol. The van der Waals surface area contributed by atoms with Gasteiger partial charge in [-0.25, -0.2) is 8.42 Å². The predicted molar refractivity (Wildman–Crippen MR) is 123 cm³/mol. The van der Waals surface area contributed by atoms with Gasteiger partial charge in [0.2, 0.25) is 10.0 Å². The summed E-state index contributed by atoms with van der Waals surface area (Å²) in [6, 6.07) is 19.3. The average Bonchev–Trinajstić information content (AvgIpc) is 2.66. The van der Waals surface area contributed by atoms with Crippen molar-refractivity contribution in [2.45, 2.75) is 20.4 Å². The molecule has 0 heterocycles. The fraction of sp³-hybridized carbons (Fsp3) is 0.174. The number of nitrogens with zero attached hydrogens (tertiary/aromatic N) is 1. The van der Waals surface area contributed by atoms with Gasteiger partial charge in [0.15, 0.2) is 0 Å². The average molecular weight is 443 g/mol. The van der Waals surface area contributed by atoms with Crippen molar-refractivity contribution in [1.29, 1.82) is 0 Å². The van der Waals surface area contributed by atoms with E-state index in [1.807, 2.05) is 32.0 Å². The first-order chi connectivity index (χ1) is 14.1. The summed E-state index contributed by atoms with van der Waals surface area (Å²) >= 11 is 5.91. The number of hydrogen-bond donors (Lipinski definition) is 1. The largest absolute Gasteiger partial charge is 0.322 e. The van der Waals surface area contributed by atoms with Gasteiger partial charge in [0.1, 0.15) is 0 Å². The molecule has 0 saturated heterocycles. The second kappa shape index (κ2) is 8.90. The molecular weight excluding hydrogens is 420 g/mol. The normalized spacial score (nSPS) is 11.2. The lowest BCUT2D eigenvalue weighted by Gasteiger charge is -2.23. The fourth-order valence-electron chi connectivity index (χ4n) is 3.18. The maximum atomic E-state index is 12.6. The molecule has 0 aliphatic carbocycles. The van der Waals surface area contributed by atoms with Gasteiger partial charge < -0.3 is 5.32 Å². The first-order valence-corrected chi connectivity index (χ1v) is 11.6. The van der Waals surface area contributed by atoms with Gasteiger partial charge in [0.05, 0.1) is 18.5 Å². The fourth-order valence-corrected chi connectivity index (χ4v) is 4.20. The van der Waals surface area contributed by atoms with Crippen LogP contribution in [0, 0.1) is 13.8 Å². The van der Waals surface area contributed by atoms with Crippen LogP contribution in [0.15, 0.2) is 66.7 Å². The van der Waals surface area contributed by atoms with E-state index < -0.39 is 10.0 Å². The molecule has 0 aliphatic rings. The van der Waals surface area contributed by atoms with Crippen molar-refractivity contribution >= 4 is 38.9 Å². The van der Waals surface area contributed by atoms with Gasteiger partial charge in [-0.3, -0.25) is 9.10 Å². The Balaban J connectivity index is 1.80. The molecule has 3 aromatic carbocycles. The van der Waals surface area contributed by atoms with E-state index in [-0.39, 0.29) is 12.5 Å². The summed E-state index contributed by atoms with van der Waals surface area (Å²) in [5, 5.41) is 3.47. The van der Waals surface area contributed by atoms with Crippen molar-refractivity contribution in [3.8, 4) is 0 Å². The zero-order chi connectivity index (χ0) is 21.9. The molecule has 3 aromatic rings. The minimum atomic E-state index is -3.52. The van der Waals surface area contributed by atoms with E-state index >= 15 is 0 Å². The number of carbonyl (C=O) groups excluding carboxylic acids is 1. The van der Waals surface area contributed by atoms with Gasteiger partial charge in [-0.15, -0.1) is 0 Å². The first-order valence-electron chi connectivity index (χ1n) is 9.34. The van der Waals surface area contributed by atoms with Crippen molar-refractivity contribution in [2.24, 2.45) is 0 Å². The summed E-state index contributed by atoms with van der Waals surface area (Å²) in [5.74, 6) is -0.254. The van der Waals surface area contributed by atoms with E-state index in [0.29, 0.717) is 16.3 Å². The highest BCUT2D eigenvalue weighted by Gasteiger charge is 2.18. The van der Waals surface area contributed by atoms with Crippen LogP contribution in [0.3, 0.4) is 0 Å². The Morgan fingerprint density at radius 2 is 1.50 bits per heavy atom. The van der Waals surface area contributed by atoms with Crippen LogP contribution in [0.2, 0.25) is 5.02 Å². The van der Waals surface area contributed by atoms with E-state index in [1.54, 1.807) is 48.5 Å². The Bertz CT molecular complexity index is 1140. The highest BCUT2D eigenvalue weighted by atomic mass is 35.5. The van der Waals surface area contributed by atoms with Crippen LogP contribution < -0.4 is 9.62 Å². The van der Waals surface area contributed by atoms with Crippen molar-refractivity contribution in [1.82, 2.24) is 0 Å². The van der Waals surface area contributed by atoms with Gasteiger partial charge in [-0.2, -0.15) is 0 Å². The topological polar surface area (TPSA) is 66.5 Å². The third-order valence-corrected chi connectivity index (χ3v) is 5.93. The first kappa shape index (κ1) is 21.9. The van der Waals surface area contributed by atoms with Crippen LogP contribution >= 0.6 is 11.6 Å². The minimum Gasteiger partial charge on any atom is -0.322 e. The molecule has 7 heteroatoms. The molecule has 0 saturated carbocycles. The SMILES string of the molecule is Cc1cc(C)cc(NC(=O)c2ccc(N(Cc3ccc(Cl)cc3)S(C)(=O)=O)cc2)c1. The zero-order valence-corrected chi connectivity index (χ0v) is 18.6. The van der Waals surface area contributed by atoms with E-state index in [9.17, 15) is 13.2 Å². The summed E-state index contributed by atoms with van der Waals surface area (Å²) in [7, 11) is -3.52. The Labute approximate surface area is 182 Å². The maximum absolute atomic E-state index is 12.6. The third kappa shape index (κ3) is 5.62. The molecule has 5 nitrogen and oxygen atoms in total. The van der Waals surface area contributed by atoms with E-state index in [2.05, 4.69) is 5.32 Å². The van der Waals surface area contributed by atoms with Gasteiger partial charge in [-0.1, -0.05) is 29.8 Å². The predicted octanol–water partition coefficient (Wildman–Crippen LogP) is 5.18. The minimum absolute atomic E-state index is 0.171. The molecule has 0 bridgehead atoms. The number of sulfonamides is 1. The van der Waals surface area contributed by atoms with Crippen LogP contribution in [-0.2, 0) is 16.6 Å². The van der Waals surface area contributed by atoms with Crippen LogP contribution in [-0.4, -0.2) is 20.6 Å². The van der Waals surface area contributed by atoms with Gasteiger partial charge in [-0.05, 0) is 79.1 Å². The molecule has 0 fully saturated rings. The molecule has 0 spiro atoms. The number of carbonyl (C=O) groups is 1. The molecule has 30 heavy (non-hydrogen) atoms. The lowest BCUT2D eigenvalue weighted by Crippen LogP contribution is -2.29. The summed E-state index contributed by atoms with van der Waals surface area (Å²) in [4.78, 5) is 12.6. The Kier molecular flexibility index (Phi) is 6.48. The van der Waals surface area contributed by atoms with Crippen LogP contribution in [0.5, 0.6) is 0 Å². The lowest BCUT2D eigenvalue weighted by molar-refractivity contribution is 0.102. The van der Waals surface area contributed by atoms with Crippen LogP contribution in [0.25, 0.3) is 0 Å². The number of rotatable bonds is 6. The van der Waals surface area contributed by atoms with Crippen molar-refractivity contribution in [3.05, 3.63) is 94.0 Å². The molecule has 1 N–H and O–H groups in total. The van der Waals surface area contributed by atoms with Crippen LogP contribution in [0.4, 0.5) is 11.4 Å². The quantitative estimate of drug-likeness (QED) is 0.572. The van der Waals surface area contributed by atoms with Crippen molar-refractivity contribution in [2.75, 3.05) is 15.9 Å². The van der Waals surface area contributed by atoms with Crippen LogP contribution in [0.1, 0.15) is 27.0 Å². The molecule has 0 radical (unpaired) electrons. The maximum Gasteiger partial charge on any atom is 0.255 e. The molecule has 0 aliphatic heterocycles.